The first-order chi connectivity index (χ1) is 8.99. The van der Waals surface area contributed by atoms with E-state index in [2.05, 4.69) is 55.9 Å². The number of rotatable bonds is 5. The number of para-hydroxylation sites is 2. The van der Waals surface area contributed by atoms with Crippen molar-refractivity contribution in [2.45, 2.75) is 39.7 Å². The normalized spacial score (nSPS) is 13.9. The zero-order chi connectivity index (χ0) is 14.0. The molecule has 1 N–H and O–H groups in total. The molecule has 104 valence electrons. The molecule has 1 aromatic heterocycles. The van der Waals surface area contributed by atoms with Gasteiger partial charge in [-0.1, -0.05) is 32.9 Å². The summed E-state index contributed by atoms with van der Waals surface area (Å²) in [6.45, 7) is 6.88. The van der Waals surface area contributed by atoms with E-state index in [0.717, 1.165) is 24.2 Å². The van der Waals surface area contributed by atoms with Crippen molar-refractivity contribution in [3.63, 3.8) is 0 Å². The van der Waals surface area contributed by atoms with Gasteiger partial charge in [0.05, 0.1) is 11.0 Å². The highest BCUT2D eigenvalue weighted by Gasteiger charge is 2.27. The molecule has 0 fully saturated rings. The maximum absolute atomic E-state index is 4.77. The van der Waals surface area contributed by atoms with Crippen molar-refractivity contribution in [3.05, 3.63) is 30.1 Å². The van der Waals surface area contributed by atoms with Crippen molar-refractivity contribution in [2.24, 2.45) is 12.5 Å². The molecule has 0 saturated heterocycles. The van der Waals surface area contributed by atoms with Crippen LogP contribution in [-0.2, 0) is 13.5 Å². The fourth-order valence-electron chi connectivity index (χ4n) is 2.58. The predicted octanol–water partition coefficient (Wildman–Crippen LogP) is 3.14. The van der Waals surface area contributed by atoms with Gasteiger partial charge in [-0.3, -0.25) is 0 Å². The molecule has 0 spiro atoms. The number of aryl methyl sites for hydroxylation is 1. The minimum atomic E-state index is 0.271. The lowest BCUT2D eigenvalue weighted by atomic mass is 9.80. The van der Waals surface area contributed by atoms with Gasteiger partial charge >= 0.3 is 0 Å². The Kier molecular flexibility index (Phi) is 3.95. The summed E-state index contributed by atoms with van der Waals surface area (Å²) in [5, 5.41) is 3.46. The summed E-state index contributed by atoms with van der Waals surface area (Å²) in [7, 11) is 4.15. The third-order valence-electron chi connectivity index (χ3n) is 4.47. The lowest BCUT2D eigenvalue weighted by molar-refractivity contribution is 0.237. The fraction of sp³-hybridized carbons (Fsp3) is 0.562. The van der Waals surface area contributed by atoms with Crippen molar-refractivity contribution in [3.8, 4) is 0 Å². The zero-order valence-electron chi connectivity index (χ0n) is 12.7. The number of imidazole rings is 1. The smallest absolute Gasteiger partial charge is 0.111 e. The van der Waals surface area contributed by atoms with E-state index in [9.17, 15) is 0 Å². The molecule has 0 saturated carbocycles. The maximum atomic E-state index is 4.77. The molecule has 0 radical (unpaired) electrons. The summed E-state index contributed by atoms with van der Waals surface area (Å²) >= 11 is 0. The standard InChI is InChI=1S/C16H25N3/c1-6-16(2,3)14(17-4)11-15-18-12-9-7-8-10-13(12)19(15)5/h7-10,14,17H,6,11H2,1-5H3. The number of aromatic nitrogens is 2. The highest BCUT2D eigenvalue weighted by atomic mass is 15.1. The van der Waals surface area contributed by atoms with E-state index in [0.29, 0.717) is 6.04 Å². The van der Waals surface area contributed by atoms with Crippen molar-refractivity contribution >= 4 is 11.0 Å². The molecule has 3 nitrogen and oxygen atoms in total. The van der Waals surface area contributed by atoms with Gasteiger partial charge in [0.1, 0.15) is 5.82 Å². The first-order valence-corrected chi connectivity index (χ1v) is 7.07. The van der Waals surface area contributed by atoms with Crippen molar-refractivity contribution in [1.82, 2.24) is 14.9 Å². The quantitative estimate of drug-likeness (QED) is 0.894. The van der Waals surface area contributed by atoms with E-state index in [1.54, 1.807) is 0 Å². The number of benzene rings is 1. The monoisotopic (exact) mass is 259 g/mol. The largest absolute Gasteiger partial charge is 0.331 e. The van der Waals surface area contributed by atoms with Gasteiger partial charge in [-0.2, -0.15) is 0 Å². The van der Waals surface area contributed by atoms with E-state index < -0.39 is 0 Å². The topological polar surface area (TPSA) is 29.9 Å². The molecule has 0 amide bonds. The van der Waals surface area contributed by atoms with Crippen LogP contribution in [0.1, 0.15) is 33.0 Å². The summed E-state index contributed by atoms with van der Waals surface area (Å²) < 4.78 is 2.21. The summed E-state index contributed by atoms with van der Waals surface area (Å²) in [6, 6.07) is 8.76. The SMILES string of the molecule is CCC(C)(C)C(Cc1nc2ccccc2n1C)NC. The Morgan fingerprint density at radius 2 is 2.00 bits per heavy atom. The molecule has 1 unspecified atom stereocenters. The van der Waals surface area contributed by atoms with Crippen LogP contribution in [0, 0.1) is 5.41 Å². The Morgan fingerprint density at radius 3 is 2.58 bits per heavy atom. The molecule has 0 aliphatic rings. The molecule has 1 heterocycles. The predicted molar refractivity (Wildman–Crippen MR) is 81.3 cm³/mol. The summed E-state index contributed by atoms with van der Waals surface area (Å²) in [6.07, 6.45) is 2.12. The average molecular weight is 259 g/mol. The second-order valence-corrected chi connectivity index (χ2v) is 5.96. The molecule has 0 aliphatic heterocycles. The van der Waals surface area contributed by atoms with Crippen LogP contribution in [0.2, 0.25) is 0 Å². The lowest BCUT2D eigenvalue weighted by Crippen LogP contribution is -2.41. The highest BCUT2D eigenvalue weighted by molar-refractivity contribution is 5.75. The minimum Gasteiger partial charge on any atom is -0.331 e. The summed E-state index contributed by atoms with van der Waals surface area (Å²) in [5.74, 6) is 1.15. The third kappa shape index (κ3) is 2.66. The van der Waals surface area contributed by atoms with E-state index in [1.807, 2.05) is 13.1 Å². The Balaban J connectivity index is 2.32. The molecule has 1 atom stereocenters. The molecular weight excluding hydrogens is 234 g/mol. The van der Waals surface area contributed by atoms with Crippen LogP contribution in [0.3, 0.4) is 0 Å². The van der Waals surface area contributed by atoms with Gasteiger partial charge in [0.15, 0.2) is 0 Å². The number of nitrogens with one attached hydrogen (secondary N) is 1. The van der Waals surface area contributed by atoms with Gasteiger partial charge in [-0.15, -0.1) is 0 Å². The highest BCUT2D eigenvalue weighted by Crippen LogP contribution is 2.27. The first kappa shape index (κ1) is 14.1. The number of fused-ring (bicyclic) bond motifs is 1. The molecule has 0 aliphatic carbocycles. The Bertz CT molecular complexity index is 554. The van der Waals surface area contributed by atoms with Gasteiger partial charge in [-0.05, 0) is 31.0 Å². The van der Waals surface area contributed by atoms with Crippen LogP contribution in [0.5, 0.6) is 0 Å². The minimum absolute atomic E-state index is 0.271. The van der Waals surface area contributed by atoms with Gasteiger partial charge in [0.2, 0.25) is 0 Å². The molecule has 0 bridgehead atoms. The second-order valence-electron chi connectivity index (χ2n) is 5.96. The van der Waals surface area contributed by atoms with Crippen LogP contribution in [0.25, 0.3) is 11.0 Å². The molecule has 2 rings (SSSR count). The average Bonchev–Trinajstić information content (AvgIpc) is 2.73. The molecule has 19 heavy (non-hydrogen) atoms. The van der Waals surface area contributed by atoms with Crippen LogP contribution in [-0.4, -0.2) is 22.6 Å². The Morgan fingerprint density at radius 1 is 1.32 bits per heavy atom. The number of likely N-dealkylation sites (N-methyl/N-ethyl adjacent to an activating group) is 1. The first-order valence-electron chi connectivity index (χ1n) is 7.07. The van der Waals surface area contributed by atoms with Crippen molar-refractivity contribution < 1.29 is 0 Å². The molecule has 1 aromatic carbocycles. The van der Waals surface area contributed by atoms with E-state index in [4.69, 9.17) is 4.98 Å². The third-order valence-corrected chi connectivity index (χ3v) is 4.47. The maximum Gasteiger partial charge on any atom is 0.111 e. The lowest BCUT2D eigenvalue weighted by Gasteiger charge is -2.33. The van der Waals surface area contributed by atoms with Crippen LogP contribution in [0.15, 0.2) is 24.3 Å². The Labute approximate surface area is 116 Å². The fourth-order valence-corrected chi connectivity index (χ4v) is 2.58. The van der Waals surface area contributed by atoms with E-state index in [-0.39, 0.29) is 5.41 Å². The van der Waals surface area contributed by atoms with Crippen molar-refractivity contribution in [2.75, 3.05) is 7.05 Å². The Hall–Kier alpha value is -1.35. The number of hydrogen-bond acceptors (Lipinski definition) is 2. The van der Waals surface area contributed by atoms with Crippen LogP contribution in [0.4, 0.5) is 0 Å². The van der Waals surface area contributed by atoms with Gasteiger partial charge < -0.3 is 9.88 Å². The van der Waals surface area contributed by atoms with Crippen molar-refractivity contribution in [1.29, 1.82) is 0 Å². The van der Waals surface area contributed by atoms with Gasteiger partial charge in [-0.25, -0.2) is 4.98 Å². The van der Waals surface area contributed by atoms with E-state index >= 15 is 0 Å². The number of nitrogens with zero attached hydrogens (tertiary/aromatic N) is 2. The molecule has 3 heteroatoms. The second kappa shape index (κ2) is 5.33. The molecular formula is C16H25N3. The summed E-state index contributed by atoms with van der Waals surface area (Å²) in [5.41, 5.74) is 2.57. The molecule has 2 aromatic rings. The number of hydrogen-bond donors (Lipinski definition) is 1. The zero-order valence-corrected chi connectivity index (χ0v) is 12.7. The van der Waals surface area contributed by atoms with Crippen LogP contribution >= 0.6 is 0 Å². The van der Waals surface area contributed by atoms with Gasteiger partial charge in [0, 0.05) is 19.5 Å². The van der Waals surface area contributed by atoms with Crippen LogP contribution < -0.4 is 5.32 Å². The summed E-state index contributed by atoms with van der Waals surface area (Å²) in [4.78, 5) is 4.77. The van der Waals surface area contributed by atoms with Gasteiger partial charge in [0.25, 0.3) is 0 Å². The van der Waals surface area contributed by atoms with E-state index in [1.165, 1.54) is 5.52 Å².